The normalized spacial score (nSPS) is 18.9. The number of rotatable bonds is 4. The number of benzene rings is 1. The Morgan fingerprint density at radius 2 is 1.92 bits per heavy atom. The van der Waals surface area contributed by atoms with Crippen LogP contribution in [0.1, 0.15) is 57.4 Å². The molecule has 0 aromatic heterocycles. The Labute approximate surface area is 158 Å². The zero-order valence-electron chi connectivity index (χ0n) is 14.6. The molecule has 0 radical (unpaired) electrons. The van der Waals surface area contributed by atoms with Crippen LogP contribution in [0.3, 0.4) is 0 Å². The van der Waals surface area contributed by atoms with Crippen LogP contribution in [0.25, 0.3) is 0 Å². The van der Waals surface area contributed by atoms with Crippen LogP contribution in [-0.4, -0.2) is 26.9 Å². The maximum Gasteiger partial charge on any atom is 0.242 e. The molecular weight excluding hydrogens is 404 g/mol. The molecule has 138 valence electrons. The van der Waals surface area contributed by atoms with Gasteiger partial charge in [-0.05, 0) is 37.0 Å². The van der Waals surface area contributed by atoms with Gasteiger partial charge in [0.05, 0.1) is 5.69 Å². The number of carbonyl (C=O) groups is 1. The number of amides is 1. The van der Waals surface area contributed by atoms with Gasteiger partial charge in [-0.15, -0.1) is 0 Å². The van der Waals surface area contributed by atoms with Crippen molar-refractivity contribution in [1.29, 1.82) is 0 Å². The molecule has 0 saturated heterocycles. The van der Waals surface area contributed by atoms with Crippen LogP contribution in [0, 0.1) is 0 Å². The van der Waals surface area contributed by atoms with Gasteiger partial charge in [0.25, 0.3) is 0 Å². The van der Waals surface area contributed by atoms with E-state index in [0.717, 1.165) is 35.7 Å². The third kappa shape index (κ3) is 4.09. The molecule has 1 saturated carbocycles. The number of fused-ring (bicyclic) bond motifs is 1. The quantitative estimate of drug-likeness (QED) is 0.742. The first-order chi connectivity index (χ1) is 11.9. The van der Waals surface area contributed by atoms with Gasteiger partial charge in [0, 0.05) is 23.5 Å². The van der Waals surface area contributed by atoms with Crippen molar-refractivity contribution in [2.24, 2.45) is 0 Å². The molecule has 1 amide bonds. The van der Waals surface area contributed by atoms with Gasteiger partial charge >= 0.3 is 0 Å². The molecular formula is C18H25BrN2O3S. The fourth-order valence-electron chi connectivity index (χ4n) is 3.79. The number of nitrogens with zero attached hydrogens (tertiary/aromatic N) is 1. The Hall–Kier alpha value is -0.920. The summed E-state index contributed by atoms with van der Waals surface area (Å²) in [6, 6.07) is 3.53. The van der Waals surface area contributed by atoms with Gasteiger partial charge in [0.15, 0.2) is 0 Å². The molecule has 1 heterocycles. The molecule has 0 unspecified atom stereocenters. The van der Waals surface area contributed by atoms with Gasteiger partial charge in [-0.1, -0.05) is 48.5 Å². The Kier molecular flexibility index (Phi) is 5.85. The van der Waals surface area contributed by atoms with E-state index in [4.69, 9.17) is 0 Å². The number of nitrogens with one attached hydrogen (secondary N) is 1. The molecule has 1 aliphatic heterocycles. The van der Waals surface area contributed by atoms with Crippen molar-refractivity contribution in [2.45, 2.75) is 69.2 Å². The van der Waals surface area contributed by atoms with Gasteiger partial charge < -0.3 is 4.90 Å². The minimum absolute atomic E-state index is 0.0149. The highest BCUT2D eigenvalue weighted by Crippen LogP contribution is 2.38. The van der Waals surface area contributed by atoms with Crippen LogP contribution in [0.2, 0.25) is 0 Å². The van der Waals surface area contributed by atoms with Crippen LogP contribution in [-0.2, 0) is 21.2 Å². The number of halogens is 1. The summed E-state index contributed by atoms with van der Waals surface area (Å²) in [7, 11) is -3.67. The highest BCUT2D eigenvalue weighted by molar-refractivity contribution is 9.10. The summed E-state index contributed by atoms with van der Waals surface area (Å²) in [6.45, 7) is 2.35. The van der Waals surface area contributed by atoms with Crippen molar-refractivity contribution < 1.29 is 13.2 Å². The van der Waals surface area contributed by atoms with Crippen molar-refractivity contribution in [3.8, 4) is 0 Å². The van der Waals surface area contributed by atoms with E-state index in [-0.39, 0.29) is 16.8 Å². The first kappa shape index (κ1) is 18.9. The highest BCUT2D eigenvalue weighted by atomic mass is 79.9. The Morgan fingerprint density at radius 3 is 2.56 bits per heavy atom. The molecule has 1 aliphatic carbocycles. The van der Waals surface area contributed by atoms with Crippen LogP contribution in [0.15, 0.2) is 21.5 Å². The van der Waals surface area contributed by atoms with E-state index >= 15 is 0 Å². The minimum Gasteiger partial charge on any atom is -0.310 e. The third-order valence-corrected chi connectivity index (χ3v) is 7.06. The molecule has 7 heteroatoms. The Morgan fingerprint density at radius 1 is 1.24 bits per heavy atom. The lowest BCUT2D eigenvalue weighted by Gasteiger charge is -2.22. The van der Waals surface area contributed by atoms with E-state index in [1.165, 1.54) is 12.8 Å². The molecule has 25 heavy (non-hydrogen) atoms. The Balaban J connectivity index is 1.97. The number of hydrogen-bond acceptors (Lipinski definition) is 3. The summed E-state index contributed by atoms with van der Waals surface area (Å²) in [4.78, 5) is 14.1. The van der Waals surface area contributed by atoms with Crippen molar-refractivity contribution >= 4 is 37.5 Å². The highest BCUT2D eigenvalue weighted by Gasteiger charge is 2.33. The van der Waals surface area contributed by atoms with Crippen molar-refractivity contribution in [1.82, 2.24) is 4.72 Å². The lowest BCUT2D eigenvalue weighted by molar-refractivity contribution is -0.118. The van der Waals surface area contributed by atoms with Gasteiger partial charge in [-0.2, -0.15) is 0 Å². The molecule has 1 aromatic rings. The first-order valence-electron chi connectivity index (χ1n) is 9.07. The fraction of sp³-hybridized carbons (Fsp3) is 0.611. The maximum absolute atomic E-state index is 13.1. The van der Waals surface area contributed by atoms with Crippen molar-refractivity contribution in [3.63, 3.8) is 0 Å². The van der Waals surface area contributed by atoms with Crippen LogP contribution >= 0.6 is 15.9 Å². The summed E-state index contributed by atoms with van der Waals surface area (Å²) in [6.07, 6.45) is 7.28. The zero-order chi connectivity index (χ0) is 18.0. The average molecular weight is 429 g/mol. The van der Waals surface area contributed by atoms with Crippen LogP contribution < -0.4 is 9.62 Å². The fourth-order valence-corrected chi connectivity index (χ4v) is 6.03. The van der Waals surface area contributed by atoms with Crippen LogP contribution in [0.4, 0.5) is 5.69 Å². The first-order valence-corrected chi connectivity index (χ1v) is 11.3. The lowest BCUT2D eigenvalue weighted by atomic mass is 10.1. The summed E-state index contributed by atoms with van der Waals surface area (Å²) in [5.74, 6) is -0.0352. The second-order valence-electron chi connectivity index (χ2n) is 6.87. The molecule has 5 nitrogen and oxygen atoms in total. The maximum atomic E-state index is 13.1. The second-order valence-corrected chi connectivity index (χ2v) is 9.47. The standard InChI is InChI=1S/C18H25BrN2O3S/c1-2-17(22)21-10-9-13-11-14(19)12-16(18(13)21)25(23,24)20-15-7-5-3-4-6-8-15/h11-12,15,20H,2-10H2,1H3. The van der Waals surface area contributed by atoms with E-state index < -0.39 is 10.0 Å². The molecule has 0 bridgehead atoms. The molecule has 0 spiro atoms. The number of hydrogen-bond donors (Lipinski definition) is 1. The summed E-state index contributed by atoms with van der Waals surface area (Å²) in [5, 5.41) is 0. The van der Waals surface area contributed by atoms with Gasteiger partial charge in [-0.25, -0.2) is 13.1 Å². The average Bonchev–Trinajstić information content (AvgIpc) is 2.82. The monoisotopic (exact) mass is 428 g/mol. The Bertz CT molecular complexity index is 756. The zero-order valence-corrected chi connectivity index (χ0v) is 17.0. The van der Waals surface area contributed by atoms with Crippen LogP contribution in [0.5, 0.6) is 0 Å². The van der Waals surface area contributed by atoms with Gasteiger partial charge in [0.1, 0.15) is 4.90 Å². The number of anilines is 1. The largest absolute Gasteiger partial charge is 0.310 e. The predicted molar refractivity (Wildman–Crippen MR) is 102 cm³/mol. The van der Waals surface area contributed by atoms with E-state index in [1.54, 1.807) is 17.9 Å². The van der Waals surface area contributed by atoms with E-state index in [9.17, 15) is 13.2 Å². The molecule has 0 atom stereocenters. The van der Waals surface area contributed by atoms with E-state index in [2.05, 4.69) is 20.7 Å². The number of carbonyl (C=O) groups excluding carboxylic acids is 1. The van der Waals surface area contributed by atoms with E-state index in [1.807, 2.05) is 6.07 Å². The molecule has 1 aromatic carbocycles. The summed E-state index contributed by atoms with van der Waals surface area (Å²) < 4.78 is 29.9. The molecule has 1 N–H and O–H groups in total. The topological polar surface area (TPSA) is 66.5 Å². The summed E-state index contributed by atoms with van der Waals surface area (Å²) >= 11 is 3.42. The lowest BCUT2D eigenvalue weighted by Crippen LogP contribution is -2.36. The second kappa shape index (κ2) is 7.76. The van der Waals surface area contributed by atoms with Crippen molar-refractivity contribution in [3.05, 3.63) is 22.2 Å². The number of sulfonamides is 1. The summed E-state index contributed by atoms with van der Waals surface area (Å²) in [5.41, 5.74) is 1.48. The molecule has 3 rings (SSSR count). The van der Waals surface area contributed by atoms with E-state index in [0.29, 0.717) is 25.1 Å². The van der Waals surface area contributed by atoms with Gasteiger partial charge in [-0.3, -0.25) is 4.79 Å². The van der Waals surface area contributed by atoms with Gasteiger partial charge in [0.2, 0.25) is 15.9 Å². The predicted octanol–water partition coefficient (Wildman–Crippen LogP) is 3.75. The van der Waals surface area contributed by atoms with Crippen molar-refractivity contribution in [2.75, 3.05) is 11.4 Å². The smallest absolute Gasteiger partial charge is 0.242 e. The molecule has 2 aliphatic rings. The molecule has 1 fully saturated rings. The SMILES string of the molecule is CCC(=O)N1CCc2cc(Br)cc(S(=O)(=O)NC3CCCCCC3)c21. The minimum atomic E-state index is -3.67. The third-order valence-electron chi connectivity index (χ3n) is 5.06.